The summed E-state index contributed by atoms with van der Waals surface area (Å²) in [5, 5.41) is 6.72. The summed E-state index contributed by atoms with van der Waals surface area (Å²) in [7, 11) is 0. The quantitative estimate of drug-likeness (QED) is 0.759. The van der Waals surface area contributed by atoms with Crippen molar-refractivity contribution in [3.05, 3.63) is 29.0 Å². The molecule has 5 nitrogen and oxygen atoms in total. The normalized spacial score (nSPS) is 11.2. The van der Waals surface area contributed by atoms with Gasteiger partial charge in [-0.15, -0.1) is 0 Å². The smallest absolute Gasteiger partial charge is 0.407 e. The predicted octanol–water partition coefficient (Wildman–Crippen LogP) is 3.13. The van der Waals surface area contributed by atoms with Crippen molar-refractivity contribution < 1.29 is 9.53 Å². The number of carbonyl (C=O) groups is 1. The van der Waals surface area contributed by atoms with Crippen molar-refractivity contribution >= 4 is 17.7 Å². The van der Waals surface area contributed by atoms with Gasteiger partial charge in [-0.1, -0.05) is 11.6 Å². The molecule has 0 saturated carbocycles. The number of unbranched alkanes of at least 4 members (excludes halogenated alkanes) is 1. The number of carbonyl (C=O) groups excluding carboxylic acids is 1. The van der Waals surface area contributed by atoms with Crippen LogP contribution in [0.15, 0.2) is 18.3 Å². The molecule has 0 aromatic carbocycles. The molecule has 1 aromatic heterocycles. The lowest BCUT2D eigenvalue weighted by Gasteiger charge is -2.19. The highest BCUT2D eigenvalue weighted by atomic mass is 35.5. The molecule has 0 bridgehead atoms. The summed E-state index contributed by atoms with van der Waals surface area (Å²) in [6, 6.07) is 3.60. The summed E-state index contributed by atoms with van der Waals surface area (Å²) in [4.78, 5) is 15.6. The fourth-order valence-electron chi connectivity index (χ4n) is 1.64. The summed E-state index contributed by atoms with van der Waals surface area (Å²) in [5.41, 5.74) is 0.477. The van der Waals surface area contributed by atoms with E-state index in [9.17, 15) is 4.79 Å². The standard InChI is InChI=1S/C15H24ClN3O2/c1-15(2,3)21-14(20)19-8-5-4-7-17-11-13-10-12(16)6-9-18-13/h6,9-10,17H,4-5,7-8,11H2,1-3H3,(H,19,20). The third kappa shape index (κ3) is 9.26. The number of hydrogen-bond acceptors (Lipinski definition) is 4. The SMILES string of the molecule is CC(C)(C)OC(=O)NCCCCNCc1cc(Cl)ccn1. The topological polar surface area (TPSA) is 63.2 Å². The van der Waals surface area contributed by atoms with E-state index < -0.39 is 5.60 Å². The van der Waals surface area contributed by atoms with Crippen LogP contribution in [0.2, 0.25) is 5.02 Å². The van der Waals surface area contributed by atoms with Crippen LogP contribution in [0.5, 0.6) is 0 Å². The lowest BCUT2D eigenvalue weighted by Crippen LogP contribution is -2.33. The van der Waals surface area contributed by atoms with Gasteiger partial charge in [0, 0.05) is 24.3 Å². The van der Waals surface area contributed by atoms with Crippen LogP contribution in [0.3, 0.4) is 0 Å². The van der Waals surface area contributed by atoms with Crippen LogP contribution < -0.4 is 10.6 Å². The van der Waals surface area contributed by atoms with Crippen molar-refractivity contribution in [3.8, 4) is 0 Å². The summed E-state index contributed by atoms with van der Waals surface area (Å²) in [5.74, 6) is 0. The molecule has 0 aliphatic carbocycles. The van der Waals surface area contributed by atoms with Crippen molar-refractivity contribution in [3.63, 3.8) is 0 Å². The molecule has 1 aromatic rings. The molecule has 21 heavy (non-hydrogen) atoms. The summed E-state index contributed by atoms with van der Waals surface area (Å²) in [6.45, 7) is 7.72. The second kappa shape index (κ2) is 8.85. The Morgan fingerprint density at radius 3 is 2.71 bits per heavy atom. The molecule has 1 rings (SSSR count). The van der Waals surface area contributed by atoms with E-state index in [1.807, 2.05) is 26.8 Å². The van der Waals surface area contributed by atoms with Crippen molar-refractivity contribution in [1.82, 2.24) is 15.6 Å². The Balaban J connectivity index is 2.01. The highest BCUT2D eigenvalue weighted by Gasteiger charge is 2.15. The Labute approximate surface area is 131 Å². The van der Waals surface area contributed by atoms with E-state index in [-0.39, 0.29) is 6.09 Å². The minimum atomic E-state index is -0.449. The lowest BCUT2D eigenvalue weighted by molar-refractivity contribution is 0.0527. The Bertz CT molecular complexity index is 447. The van der Waals surface area contributed by atoms with Crippen LogP contribution in [0.4, 0.5) is 4.79 Å². The number of rotatable bonds is 7. The number of halogens is 1. The summed E-state index contributed by atoms with van der Waals surface area (Å²) < 4.78 is 5.15. The first-order chi connectivity index (χ1) is 9.87. The van der Waals surface area contributed by atoms with Crippen molar-refractivity contribution in [2.75, 3.05) is 13.1 Å². The first-order valence-electron chi connectivity index (χ1n) is 7.15. The third-order valence-corrected chi connectivity index (χ3v) is 2.77. The number of aromatic nitrogens is 1. The van der Waals surface area contributed by atoms with Crippen molar-refractivity contribution in [2.45, 2.75) is 45.8 Å². The lowest BCUT2D eigenvalue weighted by atomic mass is 10.2. The van der Waals surface area contributed by atoms with Gasteiger partial charge in [-0.3, -0.25) is 4.98 Å². The number of nitrogens with one attached hydrogen (secondary N) is 2. The van der Waals surface area contributed by atoms with E-state index in [0.717, 1.165) is 25.1 Å². The number of nitrogens with zero attached hydrogens (tertiary/aromatic N) is 1. The molecule has 0 radical (unpaired) electrons. The van der Waals surface area contributed by atoms with E-state index in [1.165, 1.54) is 0 Å². The fourth-order valence-corrected chi connectivity index (χ4v) is 1.82. The molecule has 6 heteroatoms. The zero-order chi connectivity index (χ0) is 15.7. The fraction of sp³-hybridized carbons (Fsp3) is 0.600. The highest BCUT2D eigenvalue weighted by molar-refractivity contribution is 6.30. The van der Waals surface area contributed by atoms with Crippen molar-refractivity contribution in [1.29, 1.82) is 0 Å². The average molecular weight is 314 g/mol. The Kier molecular flexibility index (Phi) is 7.47. The van der Waals surface area contributed by atoms with Crippen LogP contribution in [0.1, 0.15) is 39.3 Å². The predicted molar refractivity (Wildman–Crippen MR) is 84.4 cm³/mol. The van der Waals surface area contributed by atoms with Gasteiger partial charge in [-0.2, -0.15) is 0 Å². The molecule has 2 N–H and O–H groups in total. The van der Waals surface area contributed by atoms with Crippen molar-refractivity contribution in [2.24, 2.45) is 0 Å². The van der Waals surface area contributed by atoms with E-state index in [4.69, 9.17) is 16.3 Å². The zero-order valence-electron chi connectivity index (χ0n) is 12.9. The van der Waals surface area contributed by atoms with Gasteiger partial charge in [0.2, 0.25) is 0 Å². The number of pyridine rings is 1. The van der Waals surface area contributed by atoms with Gasteiger partial charge in [-0.25, -0.2) is 4.79 Å². The molecule has 118 valence electrons. The zero-order valence-corrected chi connectivity index (χ0v) is 13.7. The maximum atomic E-state index is 11.4. The van der Waals surface area contributed by atoms with E-state index in [0.29, 0.717) is 18.1 Å². The van der Waals surface area contributed by atoms with Crippen LogP contribution in [0.25, 0.3) is 0 Å². The third-order valence-electron chi connectivity index (χ3n) is 2.53. The molecular weight excluding hydrogens is 290 g/mol. The molecule has 0 saturated heterocycles. The second-order valence-electron chi connectivity index (χ2n) is 5.78. The molecule has 0 spiro atoms. The first-order valence-corrected chi connectivity index (χ1v) is 7.52. The largest absolute Gasteiger partial charge is 0.444 e. The van der Waals surface area contributed by atoms with Crippen LogP contribution in [-0.4, -0.2) is 29.8 Å². The number of alkyl carbamates (subject to hydrolysis) is 1. The van der Waals surface area contributed by atoms with Gasteiger partial charge in [-0.05, 0) is 52.3 Å². The Hall–Kier alpha value is -1.33. The average Bonchev–Trinajstić information content (AvgIpc) is 2.35. The van der Waals surface area contributed by atoms with Gasteiger partial charge >= 0.3 is 6.09 Å². The molecule has 0 fully saturated rings. The maximum Gasteiger partial charge on any atom is 0.407 e. The van der Waals surface area contributed by atoms with Gasteiger partial charge in [0.15, 0.2) is 0 Å². The molecule has 1 heterocycles. The van der Waals surface area contributed by atoms with Gasteiger partial charge in [0.1, 0.15) is 5.60 Å². The molecule has 0 atom stereocenters. The Morgan fingerprint density at radius 2 is 2.05 bits per heavy atom. The van der Waals surface area contributed by atoms with Gasteiger partial charge in [0.25, 0.3) is 0 Å². The second-order valence-corrected chi connectivity index (χ2v) is 6.21. The molecule has 0 aliphatic rings. The summed E-state index contributed by atoms with van der Waals surface area (Å²) in [6.07, 6.45) is 3.20. The number of amides is 1. The van der Waals surface area contributed by atoms with Crippen LogP contribution in [-0.2, 0) is 11.3 Å². The minimum Gasteiger partial charge on any atom is -0.444 e. The van der Waals surface area contributed by atoms with Gasteiger partial charge in [0.05, 0.1) is 5.69 Å². The Morgan fingerprint density at radius 1 is 1.33 bits per heavy atom. The van der Waals surface area contributed by atoms with Gasteiger partial charge < -0.3 is 15.4 Å². The monoisotopic (exact) mass is 313 g/mol. The summed E-state index contributed by atoms with van der Waals surface area (Å²) >= 11 is 5.88. The minimum absolute atomic E-state index is 0.362. The van der Waals surface area contributed by atoms with Crippen LogP contribution in [0, 0.1) is 0 Å². The first kappa shape index (κ1) is 17.7. The number of hydrogen-bond donors (Lipinski definition) is 2. The van der Waals surface area contributed by atoms with Crippen LogP contribution >= 0.6 is 11.6 Å². The molecule has 0 aliphatic heterocycles. The van der Waals surface area contributed by atoms with E-state index in [2.05, 4.69) is 15.6 Å². The molecule has 0 unspecified atom stereocenters. The maximum absolute atomic E-state index is 11.4. The highest BCUT2D eigenvalue weighted by Crippen LogP contribution is 2.07. The van der Waals surface area contributed by atoms with E-state index >= 15 is 0 Å². The number of ether oxygens (including phenoxy) is 1. The van der Waals surface area contributed by atoms with E-state index in [1.54, 1.807) is 12.3 Å². The molecular formula is C15H24ClN3O2. The molecule has 1 amide bonds.